The molecule has 84 valence electrons. The molecule has 0 amide bonds. The summed E-state index contributed by atoms with van der Waals surface area (Å²) in [5, 5.41) is 0. The van der Waals surface area contributed by atoms with E-state index in [2.05, 4.69) is 10.4 Å². The Labute approximate surface area is 97.1 Å². The Hall–Kier alpha value is -1.30. The van der Waals surface area contributed by atoms with E-state index < -0.39 is 0 Å². The zero-order valence-electron chi connectivity index (χ0n) is 8.56. The first-order valence-corrected chi connectivity index (χ1v) is 5.77. The van der Waals surface area contributed by atoms with Crippen molar-refractivity contribution in [2.45, 2.75) is 12.5 Å². The summed E-state index contributed by atoms with van der Waals surface area (Å²) in [6, 6.07) is 6.42. The fourth-order valence-electron chi connectivity index (χ4n) is 1.56. The van der Waals surface area contributed by atoms with E-state index in [1.54, 1.807) is 29.9 Å². The quantitative estimate of drug-likeness (QED) is 0.632. The number of nitrogens with two attached hydrogens (primary N) is 1. The number of nitrogens with one attached hydrogen (secondary N) is 1. The molecule has 0 fully saturated rings. The van der Waals surface area contributed by atoms with E-state index in [0.29, 0.717) is 12.0 Å². The summed E-state index contributed by atoms with van der Waals surface area (Å²) in [4.78, 5) is 5.06. The topological polar surface area (TPSA) is 50.9 Å². The number of hydrogen-bond donors (Lipinski definition) is 2. The van der Waals surface area contributed by atoms with E-state index in [4.69, 9.17) is 5.84 Å². The molecular weight excluding hydrogens is 225 g/mol. The molecule has 1 aromatic carbocycles. The number of benzene rings is 1. The molecular formula is C11H12FN3S. The van der Waals surface area contributed by atoms with Gasteiger partial charge in [-0.25, -0.2) is 4.39 Å². The van der Waals surface area contributed by atoms with Crippen molar-refractivity contribution in [2.75, 3.05) is 0 Å². The average Bonchev–Trinajstić information content (AvgIpc) is 2.80. The molecule has 1 unspecified atom stereocenters. The van der Waals surface area contributed by atoms with Crippen molar-refractivity contribution < 1.29 is 4.39 Å². The van der Waals surface area contributed by atoms with E-state index in [1.165, 1.54) is 17.4 Å². The Kier molecular flexibility index (Phi) is 3.61. The maximum Gasteiger partial charge on any atom is 0.128 e. The van der Waals surface area contributed by atoms with Crippen molar-refractivity contribution in [3.05, 3.63) is 52.2 Å². The Morgan fingerprint density at radius 1 is 1.44 bits per heavy atom. The highest BCUT2D eigenvalue weighted by Gasteiger charge is 2.14. The van der Waals surface area contributed by atoms with Gasteiger partial charge in [0, 0.05) is 23.1 Å². The largest absolute Gasteiger partial charge is 0.271 e. The molecule has 2 rings (SSSR count). The predicted octanol–water partition coefficient (Wildman–Crippen LogP) is 2.03. The summed E-state index contributed by atoms with van der Waals surface area (Å²) in [5.41, 5.74) is 4.97. The minimum atomic E-state index is -0.241. The summed E-state index contributed by atoms with van der Waals surface area (Å²) in [5.74, 6) is 5.22. The Morgan fingerprint density at radius 3 is 2.88 bits per heavy atom. The second kappa shape index (κ2) is 5.16. The Balaban J connectivity index is 2.20. The van der Waals surface area contributed by atoms with E-state index in [0.717, 1.165) is 4.88 Å². The smallest absolute Gasteiger partial charge is 0.128 e. The third kappa shape index (κ3) is 2.44. The van der Waals surface area contributed by atoms with Crippen LogP contribution in [0.1, 0.15) is 16.5 Å². The molecule has 0 aliphatic carbocycles. The fourth-order valence-corrected chi connectivity index (χ4v) is 2.20. The molecule has 1 aromatic heterocycles. The summed E-state index contributed by atoms with van der Waals surface area (Å²) in [6.07, 6.45) is 2.41. The molecule has 0 aliphatic heterocycles. The van der Waals surface area contributed by atoms with E-state index in [9.17, 15) is 4.39 Å². The lowest BCUT2D eigenvalue weighted by Crippen LogP contribution is -2.30. The Bertz CT molecular complexity index is 444. The predicted molar refractivity (Wildman–Crippen MR) is 62.3 cm³/mol. The molecule has 3 nitrogen and oxygen atoms in total. The number of hydrogen-bond acceptors (Lipinski definition) is 4. The number of aromatic nitrogens is 1. The van der Waals surface area contributed by atoms with Crippen LogP contribution in [-0.2, 0) is 6.42 Å². The molecule has 0 aliphatic rings. The fraction of sp³-hybridized carbons (Fsp3) is 0.182. The van der Waals surface area contributed by atoms with E-state index >= 15 is 0 Å². The monoisotopic (exact) mass is 237 g/mol. The second-order valence-electron chi connectivity index (χ2n) is 3.41. The summed E-state index contributed by atoms with van der Waals surface area (Å²) >= 11 is 1.54. The van der Waals surface area contributed by atoms with Crippen LogP contribution in [0.2, 0.25) is 0 Å². The lowest BCUT2D eigenvalue weighted by atomic mass is 10.0. The molecule has 0 saturated heterocycles. The van der Waals surface area contributed by atoms with Crippen LogP contribution in [0.3, 0.4) is 0 Å². The minimum absolute atomic E-state index is 0.221. The number of hydrazine groups is 1. The van der Waals surface area contributed by atoms with Gasteiger partial charge in [-0.1, -0.05) is 18.2 Å². The molecule has 16 heavy (non-hydrogen) atoms. The van der Waals surface area contributed by atoms with Gasteiger partial charge in [-0.2, -0.15) is 0 Å². The van der Waals surface area contributed by atoms with Crippen molar-refractivity contribution in [3.63, 3.8) is 0 Å². The lowest BCUT2D eigenvalue weighted by Gasteiger charge is -2.15. The average molecular weight is 237 g/mol. The van der Waals surface area contributed by atoms with Crippen molar-refractivity contribution >= 4 is 11.3 Å². The highest BCUT2D eigenvalue weighted by molar-refractivity contribution is 7.09. The first-order chi connectivity index (χ1) is 7.81. The maximum absolute atomic E-state index is 13.5. The standard InChI is InChI=1S/C11H12FN3S/c12-10-4-2-1-3-9(10)11(15-13)5-8-6-14-7-16-8/h1-4,6-7,11,15H,5,13H2. The molecule has 0 saturated carbocycles. The van der Waals surface area contributed by atoms with Gasteiger partial charge in [-0.05, 0) is 6.07 Å². The van der Waals surface area contributed by atoms with E-state index in [-0.39, 0.29) is 11.9 Å². The van der Waals surface area contributed by atoms with Crippen LogP contribution in [0.15, 0.2) is 36.0 Å². The highest BCUT2D eigenvalue weighted by Crippen LogP contribution is 2.21. The third-order valence-electron chi connectivity index (χ3n) is 2.37. The van der Waals surface area contributed by atoms with Gasteiger partial charge in [0.15, 0.2) is 0 Å². The van der Waals surface area contributed by atoms with Crippen LogP contribution >= 0.6 is 11.3 Å². The zero-order valence-corrected chi connectivity index (χ0v) is 9.38. The SMILES string of the molecule is NNC(Cc1cncs1)c1ccccc1F. The normalized spacial score (nSPS) is 12.6. The van der Waals surface area contributed by atoms with Crippen molar-refractivity contribution in [1.82, 2.24) is 10.4 Å². The van der Waals surface area contributed by atoms with Gasteiger partial charge in [0.2, 0.25) is 0 Å². The van der Waals surface area contributed by atoms with Crippen LogP contribution < -0.4 is 11.3 Å². The first-order valence-electron chi connectivity index (χ1n) is 4.89. The summed E-state index contributed by atoms with van der Waals surface area (Å²) in [6.45, 7) is 0. The van der Waals surface area contributed by atoms with Crippen LogP contribution in [0.5, 0.6) is 0 Å². The van der Waals surface area contributed by atoms with Gasteiger partial charge in [0.25, 0.3) is 0 Å². The molecule has 0 spiro atoms. The highest BCUT2D eigenvalue weighted by atomic mass is 32.1. The van der Waals surface area contributed by atoms with Crippen molar-refractivity contribution in [3.8, 4) is 0 Å². The van der Waals surface area contributed by atoms with Crippen molar-refractivity contribution in [1.29, 1.82) is 0 Å². The van der Waals surface area contributed by atoms with Crippen LogP contribution in [-0.4, -0.2) is 4.98 Å². The summed E-state index contributed by atoms with van der Waals surface area (Å²) in [7, 11) is 0. The van der Waals surface area contributed by atoms with Gasteiger partial charge in [-0.3, -0.25) is 16.3 Å². The Morgan fingerprint density at radius 2 is 2.25 bits per heavy atom. The molecule has 1 atom stereocenters. The van der Waals surface area contributed by atoms with Gasteiger partial charge in [0.05, 0.1) is 11.6 Å². The van der Waals surface area contributed by atoms with E-state index in [1.807, 2.05) is 0 Å². The van der Waals surface area contributed by atoms with Crippen LogP contribution in [0.4, 0.5) is 4.39 Å². The number of halogens is 1. The number of nitrogens with zero attached hydrogens (tertiary/aromatic N) is 1. The number of rotatable bonds is 4. The van der Waals surface area contributed by atoms with Crippen LogP contribution in [0, 0.1) is 5.82 Å². The maximum atomic E-state index is 13.5. The molecule has 5 heteroatoms. The summed E-state index contributed by atoms with van der Waals surface area (Å²) < 4.78 is 13.5. The molecule has 0 radical (unpaired) electrons. The first kappa shape index (κ1) is 11.2. The molecule has 0 bridgehead atoms. The van der Waals surface area contributed by atoms with Gasteiger partial charge >= 0.3 is 0 Å². The van der Waals surface area contributed by atoms with Crippen molar-refractivity contribution in [2.24, 2.45) is 5.84 Å². The molecule has 3 N–H and O–H groups in total. The number of thiazole rings is 1. The van der Waals surface area contributed by atoms with Gasteiger partial charge in [-0.15, -0.1) is 11.3 Å². The van der Waals surface area contributed by atoms with Gasteiger partial charge < -0.3 is 0 Å². The lowest BCUT2D eigenvalue weighted by molar-refractivity contribution is 0.513. The minimum Gasteiger partial charge on any atom is -0.271 e. The third-order valence-corrected chi connectivity index (χ3v) is 3.17. The van der Waals surface area contributed by atoms with Gasteiger partial charge in [0.1, 0.15) is 5.82 Å². The molecule has 2 aromatic rings. The van der Waals surface area contributed by atoms with Crippen LogP contribution in [0.25, 0.3) is 0 Å². The zero-order chi connectivity index (χ0) is 11.4. The second-order valence-corrected chi connectivity index (χ2v) is 4.38. The molecule has 1 heterocycles.